The molecule has 0 spiro atoms. The molecule has 10 amide bonds. The van der Waals surface area contributed by atoms with Gasteiger partial charge in [-0.05, 0) is 71.4 Å². The first-order valence-electron chi connectivity index (χ1n) is 22.9. The Hall–Kier alpha value is -5.50. The van der Waals surface area contributed by atoms with E-state index in [0.717, 1.165) is 27.2 Å². The highest BCUT2D eigenvalue weighted by Gasteiger charge is 2.42. The van der Waals surface area contributed by atoms with E-state index in [1.165, 1.54) is 11.8 Å². The van der Waals surface area contributed by atoms with Crippen molar-refractivity contribution in [2.24, 2.45) is 28.9 Å². The summed E-state index contributed by atoms with van der Waals surface area (Å²) in [6.45, 7) is 9.59. The lowest BCUT2D eigenvalue weighted by atomic mass is 9.96. The number of aryl methyl sites for hydroxylation is 1. The molecule has 0 radical (unpaired) electrons. The number of nitrogens with two attached hydrogens (primary N) is 4. The predicted molar refractivity (Wildman–Crippen MR) is 259 cm³/mol. The molecule has 0 saturated carbocycles. The molecule has 2 fully saturated rings. The second kappa shape index (κ2) is 27.0. The summed E-state index contributed by atoms with van der Waals surface area (Å²) in [6.07, 6.45) is -1.10. The van der Waals surface area contributed by atoms with Crippen molar-refractivity contribution < 1.29 is 53.1 Å². The van der Waals surface area contributed by atoms with E-state index in [-0.39, 0.29) is 38.1 Å². The van der Waals surface area contributed by atoms with Crippen LogP contribution < -0.4 is 60.2 Å². The van der Waals surface area contributed by atoms with Crippen LogP contribution >= 0.6 is 21.6 Å². The first-order valence-corrected chi connectivity index (χ1v) is 25.2. The monoisotopic (exact) mass is 1010 g/mol. The molecule has 1 aromatic carbocycles. The second-order valence-electron chi connectivity index (χ2n) is 18.0. The molecule has 10 atom stereocenters. The van der Waals surface area contributed by atoms with Gasteiger partial charge in [0, 0.05) is 23.5 Å². The van der Waals surface area contributed by atoms with Gasteiger partial charge >= 0.3 is 0 Å². The van der Waals surface area contributed by atoms with E-state index in [0.29, 0.717) is 24.8 Å². The molecule has 16 N–H and O–H groups in total. The van der Waals surface area contributed by atoms with E-state index >= 15 is 0 Å². The van der Waals surface area contributed by atoms with Gasteiger partial charge in [0.2, 0.25) is 59.1 Å². The summed E-state index contributed by atoms with van der Waals surface area (Å²) in [7, 11) is 2.12. The lowest BCUT2D eigenvalue weighted by molar-refractivity contribution is -0.142. The number of amides is 10. The topological polar surface area (TPSA) is 382 Å². The highest BCUT2D eigenvalue weighted by atomic mass is 33.1. The highest BCUT2D eigenvalue weighted by Crippen LogP contribution is 2.38. The number of nitrogens with one attached hydrogen (secondary N) is 7. The lowest BCUT2D eigenvalue weighted by Gasteiger charge is -2.33. The Kier molecular flexibility index (Phi) is 22.7. The molecule has 384 valence electrons. The summed E-state index contributed by atoms with van der Waals surface area (Å²) < 4.78 is -1.13. The fourth-order valence-electron chi connectivity index (χ4n) is 7.43. The Labute approximate surface area is 409 Å². The summed E-state index contributed by atoms with van der Waals surface area (Å²) in [5.74, 6) is -9.32. The van der Waals surface area contributed by atoms with Crippen LogP contribution in [0.1, 0.15) is 84.3 Å². The van der Waals surface area contributed by atoms with Crippen LogP contribution in [0.2, 0.25) is 0 Å². The maximum atomic E-state index is 14.6. The van der Waals surface area contributed by atoms with Crippen molar-refractivity contribution >= 4 is 80.7 Å². The Morgan fingerprint density at radius 2 is 1.48 bits per heavy atom. The molecule has 3 rings (SSSR count). The molecule has 0 bridgehead atoms. The van der Waals surface area contributed by atoms with Crippen LogP contribution in [-0.2, 0) is 54.4 Å². The van der Waals surface area contributed by atoms with Crippen molar-refractivity contribution in [1.29, 1.82) is 0 Å². The summed E-state index contributed by atoms with van der Waals surface area (Å²) in [5.41, 5.74) is 24.6. The molecule has 2 heterocycles. The van der Waals surface area contributed by atoms with Crippen molar-refractivity contribution in [2.45, 2.75) is 146 Å². The van der Waals surface area contributed by atoms with Crippen molar-refractivity contribution in [1.82, 2.24) is 42.1 Å². The van der Waals surface area contributed by atoms with Gasteiger partial charge in [-0.1, -0.05) is 71.7 Å². The number of likely N-dealkylation sites (tertiary alicyclic amines) is 1. The Balaban J connectivity index is 2.08. The van der Waals surface area contributed by atoms with E-state index in [9.17, 15) is 53.1 Å². The summed E-state index contributed by atoms with van der Waals surface area (Å²) in [5, 5.41) is 28.7. The van der Waals surface area contributed by atoms with Crippen molar-refractivity contribution in [3.8, 4) is 0 Å². The third kappa shape index (κ3) is 17.4. The van der Waals surface area contributed by atoms with Crippen LogP contribution in [0.25, 0.3) is 0 Å². The van der Waals surface area contributed by atoms with E-state index < -0.39 is 137 Å². The van der Waals surface area contributed by atoms with Crippen molar-refractivity contribution in [3.05, 3.63) is 35.4 Å². The van der Waals surface area contributed by atoms with Gasteiger partial charge in [-0.2, -0.15) is 0 Å². The first-order chi connectivity index (χ1) is 32.4. The van der Waals surface area contributed by atoms with Crippen molar-refractivity contribution in [2.75, 3.05) is 25.4 Å². The molecule has 23 nitrogen and oxygen atoms in total. The largest absolute Gasteiger partial charge is 0.391 e. The molecule has 1 aromatic rings. The van der Waals surface area contributed by atoms with Crippen LogP contribution in [0.4, 0.5) is 0 Å². The average Bonchev–Trinajstić information content (AvgIpc) is 3.79. The molecule has 2 aliphatic heterocycles. The number of carbonyl (C=O) groups excluding carboxylic acids is 10. The van der Waals surface area contributed by atoms with Gasteiger partial charge in [-0.25, -0.2) is 0 Å². The SMILES string of the molecule is CC[C@H](C)[C@@H]1NC(=O)[C@H](Cc2ccc(C)cc2)NC(=O)[C@@H](N)C(C)(C)SSC[C@@H](C(=O)N2CCC[C@H]2C(=O)N[C@@H](CCCN)C(=O)NCC(N)=O)NC(=O)[C@H](CC(N)=O)NC(=O)[C@H]([C@@H](C)O)NC1=O. The van der Waals surface area contributed by atoms with E-state index in [1.54, 1.807) is 39.8 Å². The number of rotatable bonds is 16. The van der Waals surface area contributed by atoms with Crippen LogP contribution in [0, 0.1) is 12.8 Å². The summed E-state index contributed by atoms with van der Waals surface area (Å²) in [4.78, 5) is 137. The molecule has 69 heavy (non-hydrogen) atoms. The summed E-state index contributed by atoms with van der Waals surface area (Å²) in [6, 6.07) is -3.84. The van der Waals surface area contributed by atoms with E-state index in [1.807, 2.05) is 19.1 Å². The highest BCUT2D eigenvalue weighted by molar-refractivity contribution is 8.77. The maximum absolute atomic E-state index is 14.6. The van der Waals surface area contributed by atoms with Gasteiger partial charge in [-0.15, -0.1) is 0 Å². The minimum atomic E-state index is -1.76. The zero-order valence-corrected chi connectivity index (χ0v) is 41.6. The third-order valence-corrected chi connectivity index (χ3v) is 15.2. The van der Waals surface area contributed by atoms with Crippen molar-refractivity contribution in [3.63, 3.8) is 0 Å². The molecule has 0 unspecified atom stereocenters. The second-order valence-corrected chi connectivity index (χ2v) is 21.0. The van der Waals surface area contributed by atoms with Gasteiger partial charge in [0.05, 0.1) is 25.1 Å². The van der Waals surface area contributed by atoms with Crippen LogP contribution in [0.3, 0.4) is 0 Å². The van der Waals surface area contributed by atoms with Crippen LogP contribution in [0.15, 0.2) is 24.3 Å². The standard InChI is InChI=1S/C44H70N12O11S2/c1-7-23(3)33-40(64)55-34(24(4)57)41(65)51-28(19-31(46)58)37(61)53-29(43(67)56-17-9-11-30(56)39(63)50-26(10-8-16-45)36(60)49-20-32(47)59)21-68-69-44(5,6)35(48)42(66)52-27(38(62)54-33)18-25-14-12-22(2)13-15-25/h12-15,23-24,26-30,33-35,57H,7-11,16-21,45,48H2,1-6H3,(H2,46,58)(H2,47,59)(H,49,60)(H,50,63)(H,51,65)(H,52,66)(H,53,61)(H,54,62)(H,55,64)/t23-,24+,26-,27-,28-,29-,30-,33-,34-,35+/m0/s1. The number of nitrogens with zero attached hydrogens (tertiary/aromatic N) is 1. The Morgan fingerprint density at radius 3 is 2.07 bits per heavy atom. The Morgan fingerprint density at radius 1 is 0.870 bits per heavy atom. The maximum Gasteiger partial charge on any atom is 0.246 e. The first kappa shape index (κ1) is 57.8. The molecular formula is C44H70N12O11S2. The van der Waals surface area contributed by atoms with Crippen LogP contribution in [0.5, 0.6) is 0 Å². The van der Waals surface area contributed by atoms with Gasteiger partial charge < -0.3 is 70.2 Å². The smallest absolute Gasteiger partial charge is 0.246 e. The quantitative estimate of drug-likeness (QED) is 0.0718. The lowest BCUT2D eigenvalue weighted by Crippen LogP contribution is -2.63. The van der Waals surface area contributed by atoms with E-state index in [4.69, 9.17) is 22.9 Å². The minimum Gasteiger partial charge on any atom is -0.391 e. The molecule has 0 aliphatic carbocycles. The fraction of sp³-hybridized carbons (Fsp3) is 0.636. The van der Waals surface area contributed by atoms with Gasteiger partial charge in [0.25, 0.3) is 0 Å². The number of hydrogen-bond acceptors (Lipinski definition) is 15. The zero-order valence-electron chi connectivity index (χ0n) is 40.0. The predicted octanol–water partition coefficient (Wildman–Crippen LogP) is -3.42. The van der Waals surface area contributed by atoms with Gasteiger partial charge in [-0.3, -0.25) is 47.9 Å². The molecule has 0 aromatic heterocycles. The van der Waals surface area contributed by atoms with Gasteiger partial charge in [0.15, 0.2) is 0 Å². The molecule has 2 saturated heterocycles. The molecule has 2 aliphatic rings. The minimum absolute atomic E-state index is 0.00243. The fourth-order valence-corrected chi connectivity index (χ4v) is 10.2. The average molecular weight is 1010 g/mol. The van der Waals surface area contributed by atoms with Gasteiger partial charge in [0.1, 0.15) is 42.3 Å². The number of primary amides is 2. The third-order valence-electron chi connectivity index (χ3n) is 11.8. The number of aliphatic hydroxyl groups excluding tert-OH is 1. The number of benzene rings is 1. The number of aliphatic hydroxyl groups is 1. The Bertz CT molecular complexity index is 2030. The molecule has 25 heteroatoms. The number of carbonyl (C=O) groups is 10. The normalized spacial score (nSPS) is 25.6. The number of hydrogen-bond donors (Lipinski definition) is 12. The zero-order chi connectivity index (χ0) is 51.7. The van der Waals surface area contributed by atoms with Crippen LogP contribution in [-0.4, -0.2) is 154 Å². The molecular weight excluding hydrogens is 937 g/mol. The summed E-state index contributed by atoms with van der Waals surface area (Å²) >= 11 is 0. The van der Waals surface area contributed by atoms with E-state index in [2.05, 4.69) is 37.2 Å².